The average Bonchev–Trinajstić information content (AvgIpc) is 3.39. The van der Waals surface area contributed by atoms with Crippen LogP contribution in [0.4, 0.5) is 28.0 Å². The molecular weight excluding hydrogens is 524 g/mol. The van der Waals surface area contributed by atoms with E-state index >= 15 is 4.39 Å². The zero-order valence-corrected chi connectivity index (χ0v) is 21.2. The van der Waals surface area contributed by atoms with E-state index in [1.807, 2.05) is 0 Å². The lowest BCUT2D eigenvalue weighted by Crippen LogP contribution is -2.59. The largest absolute Gasteiger partial charge is 0.465 e. The number of imidazole rings is 1. The van der Waals surface area contributed by atoms with Gasteiger partial charge in [0.05, 0.1) is 41.5 Å². The number of alkyl halides is 3. The maximum absolute atomic E-state index is 15.4. The summed E-state index contributed by atoms with van der Waals surface area (Å²) in [5, 5.41) is 0. The Morgan fingerprint density at radius 1 is 1.08 bits per heavy atom. The van der Waals surface area contributed by atoms with Crippen molar-refractivity contribution in [3.05, 3.63) is 63.3 Å². The van der Waals surface area contributed by atoms with Gasteiger partial charge in [0.25, 0.3) is 0 Å². The third-order valence-electron chi connectivity index (χ3n) is 7.40. The Hall–Kier alpha value is -4.16. The Morgan fingerprint density at radius 2 is 1.74 bits per heavy atom. The Morgan fingerprint density at radius 3 is 2.38 bits per heavy atom. The number of ether oxygens (including phenoxy) is 1. The molecule has 0 spiro atoms. The van der Waals surface area contributed by atoms with Gasteiger partial charge in [-0.3, -0.25) is 28.5 Å². The molecule has 1 saturated heterocycles. The van der Waals surface area contributed by atoms with E-state index in [1.54, 1.807) is 0 Å². The molecule has 1 aromatic heterocycles. The summed E-state index contributed by atoms with van der Waals surface area (Å²) in [4.78, 5) is 54.1. The van der Waals surface area contributed by atoms with E-state index in [4.69, 9.17) is 4.74 Å². The molecule has 2 atom stereocenters. The molecule has 1 aliphatic carbocycles. The van der Waals surface area contributed by atoms with Crippen molar-refractivity contribution in [1.82, 2.24) is 14.0 Å². The van der Waals surface area contributed by atoms with Gasteiger partial charge < -0.3 is 4.74 Å². The van der Waals surface area contributed by atoms with Crippen LogP contribution in [0, 0.1) is 11.7 Å². The summed E-state index contributed by atoms with van der Waals surface area (Å²) in [6.07, 6.45) is -4.69. The normalized spacial score (nSPS) is 19.7. The van der Waals surface area contributed by atoms with Crippen molar-refractivity contribution in [2.24, 2.45) is 20.0 Å². The highest BCUT2D eigenvalue weighted by atomic mass is 19.4. The fourth-order valence-electron chi connectivity index (χ4n) is 5.52. The lowest BCUT2D eigenvalue weighted by molar-refractivity contribution is -0.155. The van der Waals surface area contributed by atoms with Crippen LogP contribution in [0.2, 0.25) is 0 Å². The van der Waals surface area contributed by atoms with Gasteiger partial charge in [0.1, 0.15) is 5.82 Å². The molecular formula is C26H24F4N4O5. The van der Waals surface area contributed by atoms with Gasteiger partial charge in [0, 0.05) is 20.2 Å². The molecule has 9 nitrogen and oxygen atoms in total. The number of imide groups is 1. The molecule has 0 bridgehead atoms. The average molecular weight is 548 g/mol. The highest BCUT2D eigenvalue weighted by Gasteiger charge is 2.50. The summed E-state index contributed by atoms with van der Waals surface area (Å²) in [7, 11) is 2.93. The molecule has 2 heterocycles. The summed E-state index contributed by atoms with van der Waals surface area (Å²) >= 11 is 0. The number of halogens is 4. The first-order chi connectivity index (χ1) is 18.4. The molecule has 3 aromatic rings. The molecule has 13 heteroatoms. The second kappa shape index (κ2) is 9.24. The van der Waals surface area contributed by atoms with Gasteiger partial charge in [-0.25, -0.2) is 14.0 Å². The van der Waals surface area contributed by atoms with Gasteiger partial charge >= 0.3 is 23.9 Å². The van der Waals surface area contributed by atoms with E-state index in [2.05, 4.69) is 0 Å². The van der Waals surface area contributed by atoms with Gasteiger partial charge in [-0.1, -0.05) is 12.1 Å². The second-order valence-corrected chi connectivity index (χ2v) is 9.52. The number of aromatic nitrogens is 2. The number of hydrogen-bond donors (Lipinski definition) is 0. The van der Waals surface area contributed by atoms with Crippen LogP contribution in [0.1, 0.15) is 36.1 Å². The number of fused-ring (bicyclic) bond motifs is 2. The summed E-state index contributed by atoms with van der Waals surface area (Å²) in [6.45, 7) is 0.921. The van der Waals surface area contributed by atoms with E-state index in [-0.39, 0.29) is 41.8 Å². The third-order valence-corrected chi connectivity index (χ3v) is 7.40. The lowest BCUT2D eigenvalue weighted by atomic mass is 9.98. The van der Waals surface area contributed by atoms with E-state index in [1.165, 1.54) is 48.4 Å². The first-order valence-corrected chi connectivity index (χ1v) is 12.2. The van der Waals surface area contributed by atoms with E-state index in [0.717, 1.165) is 21.9 Å². The van der Waals surface area contributed by atoms with Gasteiger partial charge in [0.15, 0.2) is 5.92 Å². The predicted octanol–water partition coefficient (Wildman–Crippen LogP) is 3.67. The van der Waals surface area contributed by atoms with Crippen LogP contribution in [-0.4, -0.2) is 45.1 Å². The molecule has 5 rings (SSSR count). The fraction of sp³-hybridized carbons (Fsp3) is 0.385. The number of carbonyl (C=O) groups excluding carboxylic acids is 3. The van der Waals surface area contributed by atoms with Gasteiger partial charge in [0.2, 0.25) is 5.91 Å². The zero-order valence-electron chi connectivity index (χ0n) is 21.2. The number of aryl methyl sites for hydroxylation is 2. The topological polar surface area (TPSA) is 93.8 Å². The molecule has 1 fully saturated rings. The number of hydrogen-bond acceptors (Lipinski definition) is 5. The van der Waals surface area contributed by atoms with Crippen LogP contribution in [0.15, 0.2) is 35.1 Å². The minimum absolute atomic E-state index is 0.00199. The van der Waals surface area contributed by atoms with Crippen LogP contribution in [0.3, 0.4) is 0 Å². The quantitative estimate of drug-likeness (QED) is 0.282. The molecule has 2 aromatic carbocycles. The Labute approximate surface area is 219 Å². The van der Waals surface area contributed by atoms with Crippen molar-refractivity contribution in [2.45, 2.75) is 32.0 Å². The summed E-state index contributed by atoms with van der Waals surface area (Å²) in [5.74, 6) is -4.30. The number of urea groups is 1. The van der Waals surface area contributed by atoms with Crippen LogP contribution in [0.5, 0.6) is 0 Å². The van der Waals surface area contributed by atoms with E-state index in [9.17, 15) is 32.3 Å². The van der Waals surface area contributed by atoms with Gasteiger partial charge in [-0.2, -0.15) is 13.2 Å². The van der Waals surface area contributed by atoms with Crippen LogP contribution < -0.4 is 10.6 Å². The number of nitrogens with zero attached hydrogens (tertiary/aromatic N) is 4. The lowest BCUT2D eigenvalue weighted by Gasteiger charge is -2.40. The highest BCUT2D eigenvalue weighted by Crippen LogP contribution is 2.44. The number of rotatable bonds is 4. The van der Waals surface area contributed by atoms with Gasteiger partial charge in [-0.05, 0) is 43.0 Å². The number of esters is 1. The number of carbonyl (C=O) groups is 3. The number of anilines is 1. The highest BCUT2D eigenvalue weighted by molar-refractivity contribution is 6.13. The molecule has 0 radical (unpaired) electrons. The minimum Gasteiger partial charge on any atom is -0.465 e. The maximum atomic E-state index is 15.4. The van der Waals surface area contributed by atoms with Crippen LogP contribution >= 0.6 is 0 Å². The SMILES string of the molecule is CCOC(=O)C1CN(c2cc3c(cc2F)n(C)c(=O)n3C)C(=O)N([C@@H]2CCc3c2cccc3C(F)(F)F)C1=O. The van der Waals surface area contributed by atoms with E-state index in [0.29, 0.717) is 5.52 Å². The first-order valence-electron chi connectivity index (χ1n) is 12.2. The maximum Gasteiger partial charge on any atom is 0.416 e. The molecule has 39 heavy (non-hydrogen) atoms. The van der Waals surface area contributed by atoms with Crippen molar-refractivity contribution in [2.75, 3.05) is 18.1 Å². The van der Waals surface area contributed by atoms with Crippen LogP contribution in [0.25, 0.3) is 11.0 Å². The molecule has 1 aliphatic heterocycles. The summed E-state index contributed by atoms with van der Waals surface area (Å²) in [5.41, 5.74) is -0.931. The monoisotopic (exact) mass is 548 g/mol. The summed E-state index contributed by atoms with van der Waals surface area (Å²) in [6, 6.07) is 3.79. The number of amides is 3. The molecule has 0 saturated carbocycles. The van der Waals surface area contributed by atoms with Crippen LogP contribution in [-0.2, 0) is 41.0 Å². The molecule has 0 N–H and O–H groups in total. The second-order valence-electron chi connectivity index (χ2n) is 9.52. The summed E-state index contributed by atoms with van der Waals surface area (Å²) < 4.78 is 63.9. The van der Waals surface area contributed by atoms with Crippen molar-refractivity contribution >= 4 is 34.6 Å². The Bertz CT molecular complexity index is 1590. The molecule has 206 valence electrons. The van der Waals surface area contributed by atoms with Crippen molar-refractivity contribution in [1.29, 1.82) is 0 Å². The Kier molecular flexibility index (Phi) is 6.27. The first kappa shape index (κ1) is 26.4. The molecule has 2 aliphatic rings. The van der Waals surface area contributed by atoms with Crippen molar-refractivity contribution in [3.8, 4) is 0 Å². The minimum atomic E-state index is -4.64. The molecule has 3 amide bonds. The predicted molar refractivity (Wildman–Crippen MR) is 130 cm³/mol. The molecule has 1 unspecified atom stereocenters. The zero-order chi connectivity index (χ0) is 28.4. The van der Waals surface area contributed by atoms with E-state index < -0.39 is 59.7 Å². The van der Waals surface area contributed by atoms with Crippen molar-refractivity contribution in [3.63, 3.8) is 0 Å². The van der Waals surface area contributed by atoms with Gasteiger partial charge in [-0.15, -0.1) is 0 Å². The third kappa shape index (κ3) is 4.07. The number of benzene rings is 2. The van der Waals surface area contributed by atoms with Crippen molar-refractivity contribution < 1.29 is 36.7 Å². The smallest absolute Gasteiger partial charge is 0.416 e. The Balaban J connectivity index is 1.64. The fourth-order valence-corrected chi connectivity index (χ4v) is 5.52. The standard InChI is InChI=1S/C26H24F4N4O5/c1-4-39-23(36)15-12-33(19-11-21-20(10-17(19)27)31(2)24(37)32(21)3)25(38)34(22(15)35)18-9-8-13-14(18)6-5-7-16(13)26(28,29)30/h5-7,10-11,15,18H,4,8-9,12H2,1-3H3/t15?,18-/m1/s1.